The first-order chi connectivity index (χ1) is 9.86. The summed E-state index contributed by atoms with van der Waals surface area (Å²) >= 11 is 0. The number of piperidine rings is 1. The molecule has 0 saturated carbocycles. The number of hydrogen-bond donors (Lipinski definition) is 0. The quantitative estimate of drug-likeness (QED) is 0.798. The van der Waals surface area contributed by atoms with Crippen molar-refractivity contribution < 1.29 is 9.53 Å². The molecule has 3 nitrogen and oxygen atoms in total. The van der Waals surface area contributed by atoms with E-state index in [1.807, 2.05) is 26.8 Å². The van der Waals surface area contributed by atoms with Gasteiger partial charge in [0.15, 0.2) is 0 Å². The van der Waals surface area contributed by atoms with E-state index in [1.54, 1.807) is 0 Å². The highest BCUT2D eigenvalue weighted by atomic mass is 16.5. The molecule has 3 heteroatoms. The van der Waals surface area contributed by atoms with Gasteiger partial charge < -0.3 is 4.74 Å². The first-order valence-corrected chi connectivity index (χ1v) is 7.83. The summed E-state index contributed by atoms with van der Waals surface area (Å²) in [6.07, 6.45) is 0.985. The molecule has 1 fully saturated rings. The minimum Gasteiger partial charge on any atom is -0.462 e. The van der Waals surface area contributed by atoms with E-state index in [-0.39, 0.29) is 12.1 Å². The SMILES string of the molecule is C[C@H]1CN(Cc2ccccc2)CC[C@@H]1OC(=O)C(C)(C)C. The Bertz CT molecular complexity index is 464. The lowest BCUT2D eigenvalue weighted by molar-refractivity contribution is -0.164. The number of rotatable bonds is 3. The van der Waals surface area contributed by atoms with Crippen LogP contribution in [0.5, 0.6) is 0 Å². The van der Waals surface area contributed by atoms with Crippen molar-refractivity contribution in [2.45, 2.75) is 46.8 Å². The van der Waals surface area contributed by atoms with Gasteiger partial charge in [-0.1, -0.05) is 37.3 Å². The lowest BCUT2D eigenvalue weighted by atomic mass is 9.94. The average Bonchev–Trinajstić information content (AvgIpc) is 2.42. The summed E-state index contributed by atoms with van der Waals surface area (Å²) in [5, 5.41) is 0. The molecule has 0 unspecified atom stereocenters. The van der Waals surface area contributed by atoms with Crippen LogP contribution in [0.1, 0.15) is 39.7 Å². The van der Waals surface area contributed by atoms with E-state index < -0.39 is 5.41 Å². The molecule has 1 aliphatic heterocycles. The predicted octanol–water partition coefficient (Wildman–Crippen LogP) is 3.49. The highest BCUT2D eigenvalue weighted by Gasteiger charge is 2.32. The number of benzene rings is 1. The molecule has 0 radical (unpaired) electrons. The lowest BCUT2D eigenvalue weighted by Crippen LogP contribution is -2.44. The highest BCUT2D eigenvalue weighted by molar-refractivity contribution is 5.75. The largest absolute Gasteiger partial charge is 0.462 e. The van der Waals surface area contributed by atoms with Gasteiger partial charge in [-0.2, -0.15) is 0 Å². The Kier molecular flexibility index (Phi) is 5.04. The fraction of sp³-hybridized carbons (Fsp3) is 0.611. The lowest BCUT2D eigenvalue weighted by Gasteiger charge is -2.37. The molecule has 0 aromatic heterocycles. The Hall–Kier alpha value is -1.35. The predicted molar refractivity (Wildman–Crippen MR) is 84.8 cm³/mol. The second-order valence-corrected chi connectivity index (χ2v) is 7.18. The van der Waals surface area contributed by atoms with Gasteiger partial charge in [0.2, 0.25) is 0 Å². The maximum Gasteiger partial charge on any atom is 0.311 e. The van der Waals surface area contributed by atoms with Crippen molar-refractivity contribution in [3.8, 4) is 0 Å². The monoisotopic (exact) mass is 289 g/mol. The van der Waals surface area contributed by atoms with Crippen molar-refractivity contribution in [1.82, 2.24) is 4.90 Å². The third-order valence-electron chi connectivity index (χ3n) is 4.03. The second kappa shape index (κ2) is 6.61. The molecular weight excluding hydrogens is 262 g/mol. The number of carbonyl (C=O) groups excluding carboxylic acids is 1. The maximum absolute atomic E-state index is 12.0. The van der Waals surface area contributed by atoms with Crippen LogP contribution in [0.3, 0.4) is 0 Å². The summed E-state index contributed by atoms with van der Waals surface area (Å²) in [4.78, 5) is 14.5. The summed E-state index contributed by atoms with van der Waals surface area (Å²) in [7, 11) is 0. The standard InChI is InChI=1S/C18H27NO2/c1-14-12-19(13-15-8-6-5-7-9-15)11-10-16(14)21-17(20)18(2,3)4/h5-9,14,16H,10-13H2,1-4H3/t14-,16-/m0/s1. The zero-order valence-corrected chi connectivity index (χ0v) is 13.6. The number of carbonyl (C=O) groups is 1. The van der Waals surface area contributed by atoms with E-state index in [0.717, 1.165) is 26.1 Å². The smallest absolute Gasteiger partial charge is 0.311 e. The van der Waals surface area contributed by atoms with Crippen molar-refractivity contribution in [1.29, 1.82) is 0 Å². The molecular formula is C18H27NO2. The van der Waals surface area contributed by atoms with Gasteiger partial charge in [-0.3, -0.25) is 9.69 Å². The minimum atomic E-state index is -0.416. The molecule has 1 aliphatic rings. The molecule has 2 atom stereocenters. The van der Waals surface area contributed by atoms with Crippen molar-refractivity contribution in [2.24, 2.45) is 11.3 Å². The van der Waals surface area contributed by atoms with Gasteiger partial charge >= 0.3 is 5.97 Å². The average molecular weight is 289 g/mol. The van der Waals surface area contributed by atoms with Crippen LogP contribution in [0.2, 0.25) is 0 Å². The van der Waals surface area contributed by atoms with Crippen LogP contribution in [0.4, 0.5) is 0 Å². The normalized spacial score (nSPS) is 23.8. The summed E-state index contributed by atoms with van der Waals surface area (Å²) in [6, 6.07) is 10.5. The Labute approximate surface area is 128 Å². The van der Waals surface area contributed by atoms with Crippen LogP contribution in [0.25, 0.3) is 0 Å². The van der Waals surface area contributed by atoms with Crippen LogP contribution in [-0.4, -0.2) is 30.1 Å². The van der Waals surface area contributed by atoms with Crippen LogP contribution >= 0.6 is 0 Å². The first kappa shape index (κ1) is 16.0. The Morgan fingerprint density at radius 3 is 2.52 bits per heavy atom. The zero-order chi connectivity index (χ0) is 15.5. The molecule has 0 N–H and O–H groups in total. The fourth-order valence-corrected chi connectivity index (χ4v) is 2.69. The van der Waals surface area contributed by atoms with E-state index in [2.05, 4.69) is 36.1 Å². The van der Waals surface area contributed by atoms with Gasteiger partial charge in [0, 0.05) is 25.6 Å². The number of esters is 1. The van der Waals surface area contributed by atoms with Crippen molar-refractivity contribution in [2.75, 3.05) is 13.1 Å². The molecule has 0 spiro atoms. The van der Waals surface area contributed by atoms with Crippen LogP contribution in [-0.2, 0) is 16.1 Å². The maximum atomic E-state index is 12.0. The van der Waals surface area contributed by atoms with E-state index in [0.29, 0.717) is 5.92 Å². The molecule has 1 aromatic rings. The van der Waals surface area contributed by atoms with Gasteiger partial charge in [-0.15, -0.1) is 0 Å². The van der Waals surface area contributed by atoms with Gasteiger partial charge in [0.05, 0.1) is 5.41 Å². The fourth-order valence-electron chi connectivity index (χ4n) is 2.69. The van der Waals surface area contributed by atoms with Crippen molar-refractivity contribution >= 4 is 5.97 Å². The summed E-state index contributed by atoms with van der Waals surface area (Å²) in [6.45, 7) is 10.8. The Morgan fingerprint density at radius 2 is 1.95 bits per heavy atom. The molecule has 1 saturated heterocycles. The van der Waals surface area contributed by atoms with Crippen LogP contribution in [0, 0.1) is 11.3 Å². The molecule has 2 rings (SSSR count). The van der Waals surface area contributed by atoms with Gasteiger partial charge in [-0.25, -0.2) is 0 Å². The number of ether oxygens (including phenoxy) is 1. The summed E-state index contributed by atoms with van der Waals surface area (Å²) < 4.78 is 5.70. The first-order valence-electron chi connectivity index (χ1n) is 7.83. The number of likely N-dealkylation sites (tertiary alicyclic amines) is 1. The van der Waals surface area contributed by atoms with E-state index >= 15 is 0 Å². The van der Waals surface area contributed by atoms with Crippen LogP contribution < -0.4 is 0 Å². The van der Waals surface area contributed by atoms with Gasteiger partial charge in [0.1, 0.15) is 6.10 Å². The minimum absolute atomic E-state index is 0.0590. The molecule has 0 amide bonds. The molecule has 21 heavy (non-hydrogen) atoms. The zero-order valence-electron chi connectivity index (χ0n) is 13.6. The summed E-state index contributed by atoms with van der Waals surface area (Å²) in [5.74, 6) is 0.296. The molecule has 1 aromatic carbocycles. The highest BCUT2D eigenvalue weighted by Crippen LogP contribution is 2.25. The molecule has 116 valence electrons. The van der Waals surface area contributed by atoms with Gasteiger partial charge in [-0.05, 0) is 32.8 Å². The van der Waals surface area contributed by atoms with E-state index in [4.69, 9.17) is 4.74 Å². The second-order valence-electron chi connectivity index (χ2n) is 7.18. The molecule has 1 heterocycles. The third-order valence-corrected chi connectivity index (χ3v) is 4.03. The topological polar surface area (TPSA) is 29.5 Å². The Morgan fingerprint density at radius 1 is 1.29 bits per heavy atom. The van der Waals surface area contributed by atoms with Crippen molar-refractivity contribution in [3.63, 3.8) is 0 Å². The Balaban J connectivity index is 1.86. The van der Waals surface area contributed by atoms with E-state index in [9.17, 15) is 4.79 Å². The number of nitrogens with zero attached hydrogens (tertiary/aromatic N) is 1. The third kappa shape index (κ3) is 4.57. The van der Waals surface area contributed by atoms with Crippen LogP contribution in [0.15, 0.2) is 30.3 Å². The summed E-state index contributed by atoms with van der Waals surface area (Å²) in [5.41, 5.74) is 0.927. The van der Waals surface area contributed by atoms with E-state index in [1.165, 1.54) is 5.56 Å². The van der Waals surface area contributed by atoms with Crippen molar-refractivity contribution in [3.05, 3.63) is 35.9 Å². The molecule has 0 aliphatic carbocycles. The molecule has 0 bridgehead atoms. The number of hydrogen-bond acceptors (Lipinski definition) is 3. The van der Waals surface area contributed by atoms with Gasteiger partial charge in [0.25, 0.3) is 0 Å².